The van der Waals surface area contributed by atoms with E-state index in [-0.39, 0.29) is 11.6 Å². The first-order chi connectivity index (χ1) is 11.1. The molecule has 6 heteroatoms. The van der Waals surface area contributed by atoms with E-state index >= 15 is 0 Å². The fourth-order valence-corrected chi connectivity index (χ4v) is 2.39. The fraction of sp³-hybridized carbons (Fsp3) is 0.118. The maximum Gasteiger partial charge on any atom is 0.286 e. The van der Waals surface area contributed by atoms with Crippen molar-refractivity contribution in [2.45, 2.75) is 6.54 Å². The first-order valence-corrected chi connectivity index (χ1v) is 6.97. The van der Waals surface area contributed by atoms with E-state index in [0.29, 0.717) is 29.0 Å². The van der Waals surface area contributed by atoms with Crippen LogP contribution >= 0.6 is 0 Å². The number of methoxy groups -OCH3 is 1. The summed E-state index contributed by atoms with van der Waals surface area (Å²) >= 11 is 0. The third-order valence-electron chi connectivity index (χ3n) is 3.48. The summed E-state index contributed by atoms with van der Waals surface area (Å²) in [6.45, 7) is 0.332. The summed E-state index contributed by atoms with van der Waals surface area (Å²) in [4.78, 5) is 11.6. The highest BCUT2D eigenvalue weighted by Gasteiger charge is 2.18. The molecule has 23 heavy (non-hydrogen) atoms. The lowest BCUT2D eigenvalue weighted by molar-refractivity contribution is 0.0977. The number of carbonyl (C=O) groups excluding carboxylic acids is 1. The quantitative estimate of drug-likeness (QED) is 0.757. The predicted molar refractivity (Wildman–Crippen MR) is 85.0 cm³/mol. The molecule has 0 bridgehead atoms. The Morgan fingerprint density at radius 1 is 1.30 bits per heavy atom. The summed E-state index contributed by atoms with van der Waals surface area (Å²) in [6, 6.07) is 11.4. The van der Waals surface area contributed by atoms with Gasteiger partial charge in [-0.15, -0.1) is 0 Å². The van der Waals surface area contributed by atoms with E-state index in [0.717, 1.165) is 5.56 Å². The van der Waals surface area contributed by atoms with Gasteiger partial charge in [-0.2, -0.15) is 0 Å². The molecule has 0 saturated heterocycles. The van der Waals surface area contributed by atoms with Crippen molar-refractivity contribution in [3.05, 3.63) is 59.6 Å². The summed E-state index contributed by atoms with van der Waals surface area (Å²) < 4.78 is 23.9. The van der Waals surface area contributed by atoms with Crippen LogP contribution in [0.5, 0.6) is 5.75 Å². The first kappa shape index (κ1) is 14.9. The number of hydrogen-bond acceptors (Lipinski definition) is 4. The molecular weight excluding hydrogens is 299 g/mol. The van der Waals surface area contributed by atoms with Crippen molar-refractivity contribution in [3.8, 4) is 5.75 Å². The number of amides is 1. The van der Waals surface area contributed by atoms with E-state index in [1.165, 1.54) is 12.1 Å². The number of hydrogen-bond donors (Lipinski definition) is 2. The molecule has 0 aliphatic carbocycles. The molecule has 0 radical (unpaired) electrons. The summed E-state index contributed by atoms with van der Waals surface area (Å²) in [5, 5.41) is 3.80. The maximum absolute atomic E-state index is 13.2. The van der Waals surface area contributed by atoms with Crippen LogP contribution in [0.2, 0.25) is 0 Å². The van der Waals surface area contributed by atoms with Crippen molar-refractivity contribution in [1.82, 2.24) is 0 Å². The molecular formula is C17H15FN2O3. The molecule has 2 aromatic carbocycles. The molecule has 0 saturated carbocycles. The van der Waals surface area contributed by atoms with Gasteiger partial charge in [0.1, 0.15) is 17.1 Å². The average Bonchev–Trinajstić information content (AvgIpc) is 2.91. The van der Waals surface area contributed by atoms with Crippen LogP contribution in [0.25, 0.3) is 11.0 Å². The van der Waals surface area contributed by atoms with Gasteiger partial charge < -0.3 is 20.2 Å². The molecule has 1 heterocycles. The summed E-state index contributed by atoms with van der Waals surface area (Å²) in [5.74, 6) is -0.355. The normalized spacial score (nSPS) is 10.7. The molecule has 0 aliphatic heterocycles. The topological polar surface area (TPSA) is 77.5 Å². The van der Waals surface area contributed by atoms with Crippen molar-refractivity contribution in [2.24, 2.45) is 5.73 Å². The van der Waals surface area contributed by atoms with Gasteiger partial charge in [0.25, 0.3) is 5.91 Å². The highest BCUT2D eigenvalue weighted by molar-refractivity contribution is 6.05. The number of fused-ring (bicyclic) bond motifs is 1. The van der Waals surface area contributed by atoms with Gasteiger partial charge in [0.15, 0.2) is 0 Å². The zero-order valence-corrected chi connectivity index (χ0v) is 12.4. The van der Waals surface area contributed by atoms with E-state index in [4.69, 9.17) is 14.9 Å². The van der Waals surface area contributed by atoms with Crippen LogP contribution in [0.15, 0.2) is 46.9 Å². The highest BCUT2D eigenvalue weighted by atomic mass is 19.1. The number of nitrogens with one attached hydrogen (secondary N) is 1. The Hall–Kier alpha value is -3.02. The van der Waals surface area contributed by atoms with Gasteiger partial charge in [0.05, 0.1) is 12.8 Å². The van der Waals surface area contributed by atoms with E-state index in [2.05, 4.69) is 5.32 Å². The Labute approximate surface area is 131 Å². The summed E-state index contributed by atoms with van der Waals surface area (Å²) in [7, 11) is 1.54. The van der Waals surface area contributed by atoms with E-state index < -0.39 is 5.91 Å². The summed E-state index contributed by atoms with van der Waals surface area (Å²) in [5.41, 5.74) is 7.09. The smallest absolute Gasteiger partial charge is 0.286 e. The molecule has 1 amide bonds. The number of rotatable bonds is 5. The second-order valence-electron chi connectivity index (χ2n) is 5.02. The SMILES string of the molecule is COc1ccc2c(NCc3cccc(F)c3)c(C(N)=O)oc2c1. The second kappa shape index (κ2) is 6.00. The van der Waals surface area contributed by atoms with Crippen molar-refractivity contribution in [1.29, 1.82) is 0 Å². The van der Waals surface area contributed by atoms with Crippen LogP contribution in [-0.2, 0) is 6.54 Å². The molecule has 0 fully saturated rings. The Morgan fingerprint density at radius 3 is 2.83 bits per heavy atom. The van der Waals surface area contributed by atoms with Gasteiger partial charge in [0, 0.05) is 18.0 Å². The Bertz CT molecular complexity index is 873. The molecule has 0 unspecified atom stereocenters. The van der Waals surface area contributed by atoms with Gasteiger partial charge in [-0.3, -0.25) is 4.79 Å². The number of benzene rings is 2. The number of carbonyl (C=O) groups is 1. The van der Waals surface area contributed by atoms with Crippen LogP contribution < -0.4 is 15.8 Å². The molecule has 3 rings (SSSR count). The first-order valence-electron chi connectivity index (χ1n) is 6.97. The van der Waals surface area contributed by atoms with Gasteiger partial charge in [-0.05, 0) is 29.8 Å². The Balaban J connectivity index is 1.97. The minimum absolute atomic E-state index is 0.0321. The lowest BCUT2D eigenvalue weighted by Crippen LogP contribution is -2.12. The minimum atomic E-state index is -0.679. The van der Waals surface area contributed by atoms with Gasteiger partial charge in [-0.25, -0.2) is 4.39 Å². The lowest BCUT2D eigenvalue weighted by Gasteiger charge is -2.06. The molecule has 3 aromatic rings. The Morgan fingerprint density at radius 2 is 2.13 bits per heavy atom. The Kier molecular flexibility index (Phi) is 3.89. The lowest BCUT2D eigenvalue weighted by atomic mass is 10.2. The summed E-state index contributed by atoms with van der Waals surface area (Å²) in [6.07, 6.45) is 0. The molecule has 1 aromatic heterocycles. The largest absolute Gasteiger partial charge is 0.497 e. The van der Waals surface area contributed by atoms with Crippen molar-refractivity contribution in [2.75, 3.05) is 12.4 Å². The minimum Gasteiger partial charge on any atom is -0.497 e. The van der Waals surface area contributed by atoms with E-state index in [1.807, 2.05) is 0 Å². The fourth-order valence-electron chi connectivity index (χ4n) is 2.39. The zero-order valence-electron chi connectivity index (χ0n) is 12.4. The number of furan rings is 1. The number of ether oxygens (including phenoxy) is 1. The number of primary amides is 1. The van der Waals surface area contributed by atoms with Crippen molar-refractivity contribution >= 4 is 22.6 Å². The molecule has 3 N–H and O–H groups in total. The van der Waals surface area contributed by atoms with E-state index in [9.17, 15) is 9.18 Å². The van der Waals surface area contributed by atoms with Crippen LogP contribution in [0.1, 0.15) is 16.1 Å². The van der Waals surface area contributed by atoms with E-state index in [1.54, 1.807) is 37.4 Å². The number of nitrogens with two attached hydrogens (primary N) is 1. The molecule has 0 spiro atoms. The zero-order chi connectivity index (χ0) is 16.4. The maximum atomic E-state index is 13.2. The number of halogens is 1. The standard InChI is InChI=1S/C17H15FN2O3/c1-22-12-5-6-13-14(8-12)23-16(17(19)21)15(13)20-9-10-3-2-4-11(18)7-10/h2-8,20H,9H2,1H3,(H2,19,21). The van der Waals surface area contributed by atoms with Crippen molar-refractivity contribution < 1.29 is 18.3 Å². The van der Waals surface area contributed by atoms with Gasteiger partial charge in [-0.1, -0.05) is 12.1 Å². The van der Waals surface area contributed by atoms with Crippen LogP contribution in [0.4, 0.5) is 10.1 Å². The molecule has 0 atom stereocenters. The van der Waals surface area contributed by atoms with Crippen LogP contribution in [-0.4, -0.2) is 13.0 Å². The van der Waals surface area contributed by atoms with Crippen molar-refractivity contribution in [3.63, 3.8) is 0 Å². The third-order valence-corrected chi connectivity index (χ3v) is 3.48. The monoisotopic (exact) mass is 314 g/mol. The second-order valence-corrected chi connectivity index (χ2v) is 5.02. The average molecular weight is 314 g/mol. The molecule has 0 aliphatic rings. The molecule has 5 nitrogen and oxygen atoms in total. The highest BCUT2D eigenvalue weighted by Crippen LogP contribution is 2.33. The third kappa shape index (κ3) is 2.96. The number of anilines is 1. The van der Waals surface area contributed by atoms with Crippen LogP contribution in [0.3, 0.4) is 0 Å². The predicted octanol–water partition coefficient (Wildman–Crippen LogP) is 3.29. The van der Waals surface area contributed by atoms with Gasteiger partial charge in [0.2, 0.25) is 5.76 Å². The van der Waals surface area contributed by atoms with Gasteiger partial charge >= 0.3 is 0 Å². The van der Waals surface area contributed by atoms with Crippen LogP contribution in [0, 0.1) is 5.82 Å². The molecule has 118 valence electrons.